The second-order valence-electron chi connectivity index (χ2n) is 7.84. The molecule has 4 rings (SSSR count). The molecule has 0 atom stereocenters. The third-order valence-corrected chi connectivity index (χ3v) is 6.81. The van der Waals surface area contributed by atoms with E-state index < -0.39 is 0 Å². The molecular weight excluding hydrogens is 467 g/mol. The molecule has 0 saturated carbocycles. The summed E-state index contributed by atoms with van der Waals surface area (Å²) in [5, 5.41) is 1.04. The first kappa shape index (κ1) is 23.3. The van der Waals surface area contributed by atoms with Crippen molar-refractivity contribution in [3.8, 4) is 11.5 Å². The number of halogens is 2. The zero-order chi connectivity index (χ0) is 23.5. The first-order valence-corrected chi connectivity index (χ1v) is 11.4. The maximum absolute atomic E-state index is 13.0. The summed E-state index contributed by atoms with van der Waals surface area (Å²) < 4.78 is 10.6. The molecule has 0 bridgehead atoms. The molecule has 8 nitrogen and oxygen atoms in total. The number of methoxy groups -OCH3 is 2. The zero-order valence-electron chi connectivity index (χ0n) is 18.6. The van der Waals surface area contributed by atoms with Crippen LogP contribution in [0.3, 0.4) is 0 Å². The minimum atomic E-state index is -0.195. The first-order valence-electron chi connectivity index (χ1n) is 10.7. The van der Waals surface area contributed by atoms with Gasteiger partial charge in [-0.1, -0.05) is 29.3 Å². The van der Waals surface area contributed by atoms with Crippen molar-refractivity contribution in [2.45, 2.75) is 0 Å². The molecule has 2 aromatic carbocycles. The maximum atomic E-state index is 13.0. The van der Waals surface area contributed by atoms with Crippen LogP contribution in [0.25, 0.3) is 0 Å². The normalized spacial score (nSPS) is 16.4. The minimum absolute atomic E-state index is 0.0561. The van der Waals surface area contributed by atoms with E-state index >= 15 is 0 Å². The van der Waals surface area contributed by atoms with Gasteiger partial charge in [-0.3, -0.25) is 9.69 Å². The Hall–Kier alpha value is -2.84. The van der Waals surface area contributed by atoms with Gasteiger partial charge in [-0.15, -0.1) is 0 Å². The lowest BCUT2D eigenvalue weighted by atomic mass is 10.2. The molecule has 0 N–H and O–H groups in total. The molecule has 3 amide bonds. The van der Waals surface area contributed by atoms with Crippen molar-refractivity contribution in [3.05, 3.63) is 46.4 Å². The Morgan fingerprint density at radius 1 is 0.939 bits per heavy atom. The standard InChI is InChI=1S/C23H26Cl2N4O4/c1-32-19-7-6-16(14-20(19)33-2)29-13-12-28(23(29)31)15-21(30)27-10-8-26(9-11-27)18-5-3-4-17(24)22(18)25/h3-7,14H,8-13,15H2,1-2H3. The third kappa shape index (κ3) is 4.77. The monoisotopic (exact) mass is 492 g/mol. The van der Waals surface area contributed by atoms with E-state index in [9.17, 15) is 9.59 Å². The van der Waals surface area contributed by atoms with Gasteiger partial charge >= 0.3 is 6.03 Å². The van der Waals surface area contributed by atoms with Crippen LogP contribution in [0.4, 0.5) is 16.2 Å². The van der Waals surface area contributed by atoms with Crippen molar-refractivity contribution in [3.63, 3.8) is 0 Å². The van der Waals surface area contributed by atoms with E-state index in [1.165, 1.54) is 0 Å². The summed E-state index contributed by atoms with van der Waals surface area (Å²) in [7, 11) is 3.12. The number of carbonyl (C=O) groups excluding carboxylic acids is 2. The topological polar surface area (TPSA) is 65.6 Å². The summed E-state index contributed by atoms with van der Waals surface area (Å²) in [6.45, 7) is 3.46. The lowest BCUT2D eigenvalue weighted by Gasteiger charge is -2.37. The minimum Gasteiger partial charge on any atom is -0.493 e. The van der Waals surface area contributed by atoms with E-state index in [1.54, 1.807) is 47.1 Å². The van der Waals surface area contributed by atoms with Gasteiger partial charge in [0.1, 0.15) is 6.54 Å². The molecule has 0 radical (unpaired) electrons. The van der Waals surface area contributed by atoms with Crippen molar-refractivity contribution in [2.24, 2.45) is 0 Å². The fourth-order valence-electron chi connectivity index (χ4n) is 4.16. The largest absolute Gasteiger partial charge is 0.493 e. The number of piperazine rings is 1. The van der Waals surface area contributed by atoms with Crippen molar-refractivity contribution in [1.29, 1.82) is 0 Å². The Bertz CT molecular complexity index is 1040. The molecule has 0 aromatic heterocycles. The third-order valence-electron chi connectivity index (χ3n) is 6.00. The molecule has 2 aliphatic heterocycles. The van der Waals surface area contributed by atoms with Crippen LogP contribution in [-0.2, 0) is 4.79 Å². The number of amides is 3. The van der Waals surface area contributed by atoms with Crippen LogP contribution in [0.5, 0.6) is 11.5 Å². The molecule has 2 aliphatic rings. The number of urea groups is 1. The van der Waals surface area contributed by atoms with E-state index in [0.29, 0.717) is 66.5 Å². The highest BCUT2D eigenvalue weighted by Gasteiger charge is 2.33. The van der Waals surface area contributed by atoms with Crippen LogP contribution in [0.1, 0.15) is 0 Å². The van der Waals surface area contributed by atoms with E-state index in [-0.39, 0.29) is 18.5 Å². The van der Waals surface area contributed by atoms with Crippen LogP contribution in [0, 0.1) is 0 Å². The molecule has 0 aliphatic carbocycles. The van der Waals surface area contributed by atoms with Gasteiger partial charge < -0.3 is 24.2 Å². The number of hydrogen-bond acceptors (Lipinski definition) is 5. The van der Waals surface area contributed by atoms with Gasteiger partial charge in [0.25, 0.3) is 0 Å². The number of hydrogen-bond donors (Lipinski definition) is 0. The van der Waals surface area contributed by atoms with Gasteiger partial charge in [0.2, 0.25) is 5.91 Å². The second-order valence-corrected chi connectivity index (χ2v) is 8.62. The summed E-state index contributed by atoms with van der Waals surface area (Å²) in [4.78, 5) is 33.0. The average molecular weight is 493 g/mol. The number of rotatable bonds is 6. The molecule has 2 heterocycles. The van der Waals surface area contributed by atoms with Crippen LogP contribution >= 0.6 is 23.2 Å². The van der Waals surface area contributed by atoms with Crippen molar-refractivity contribution >= 4 is 46.5 Å². The number of anilines is 2. The zero-order valence-corrected chi connectivity index (χ0v) is 20.1. The Morgan fingerprint density at radius 3 is 2.36 bits per heavy atom. The lowest BCUT2D eigenvalue weighted by Crippen LogP contribution is -2.51. The lowest BCUT2D eigenvalue weighted by molar-refractivity contribution is -0.131. The molecule has 2 aromatic rings. The fourth-order valence-corrected chi connectivity index (χ4v) is 4.57. The molecule has 0 unspecified atom stereocenters. The predicted molar refractivity (Wildman–Crippen MR) is 129 cm³/mol. The smallest absolute Gasteiger partial charge is 0.325 e. The van der Waals surface area contributed by atoms with Gasteiger partial charge in [0.05, 0.1) is 30.0 Å². The predicted octanol–water partition coefficient (Wildman–Crippen LogP) is 3.60. The molecule has 10 heteroatoms. The van der Waals surface area contributed by atoms with Crippen LogP contribution in [0.15, 0.2) is 36.4 Å². The highest BCUT2D eigenvalue weighted by Crippen LogP contribution is 2.34. The maximum Gasteiger partial charge on any atom is 0.325 e. The summed E-state index contributed by atoms with van der Waals surface area (Å²) in [6.07, 6.45) is 0. The van der Waals surface area contributed by atoms with E-state index in [2.05, 4.69) is 4.90 Å². The van der Waals surface area contributed by atoms with Crippen LogP contribution in [-0.4, -0.2) is 81.8 Å². The Kier molecular flexibility index (Phi) is 7.05. The fraction of sp³-hybridized carbons (Fsp3) is 0.391. The van der Waals surface area contributed by atoms with E-state index in [1.807, 2.05) is 18.2 Å². The Morgan fingerprint density at radius 2 is 1.67 bits per heavy atom. The summed E-state index contributed by atoms with van der Waals surface area (Å²) in [5.74, 6) is 1.09. The Balaban J connectivity index is 1.34. The van der Waals surface area contributed by atoms with Crippen LogP contribution in [0.2, 0.25) is 10.0 Å². The number of benzene rings is 2. The SMILES string of the molecule is COc1ccc(N2CCN(CC(=O)N3CCN(c4cccc(Cl)c4Cl)CC3)C2=O)cc1OC. The average Bonchev–Trinajstić information content (AvgIpc) is 3.20. The van der Waals surface area contributed by atoms with Crippen molar-refractivity contribution in [1.82, 2.24) is 9.80 Å². The quantitative estimate of drug-likeness (QED) is 0.616. The van der Waals surface area contributed by atoms with Crippen molar-refractivity contribution < 1.29 is 19.1 Å². The molecule has 176 valence electrons. The van der Waals surface area contributed by atoms with Gasteiger partial charge in [0.15, 0.2) is 11.5 Å². The number of nitrogens with zero attached hydrogens (tertiary/aromatic N) is 4. The molecule has 0 spiro atoms. The van der Waals surface area contributed by atoms with Crippen LogP contribution < -0.4 is 19.3 Å². The van der Waals surface area contributed by atoms with E-state index in [0.717, 1.165) is 5.69 Å². The van der Waals surface area contributed by atoms with Gasteiger partial charge in [-0.05, 0) is 24.3 Å². The highest BCUT2D eigenvalue weighted by atomic mass is 35.5. The number of carbonyl (C=O) groups is 2. The molecule has 2 saturated heterocycles. The summed E-state index contributed by atoms with van der Waals surface area (Å²) >= 11 is 12.5. The van der Waals surface area contributed by atoms with E-state index in [4.69, 9.17) is 32.7 Å². The van der Waals surface area contributed by atoms with Gasteiger partial charge in [-0.2, -0.15) is 0 Å². The second kappa shape index (κ2) is 9.97. The van der Waals surface area contributed by atoms with Gasteiger partial charge in [-0.25, -0.2) is 4.79 Å². The van der Waals surface area contributed by atoms with Gasteiger partial charge in [0, 0.05) is 51.0 Å². The van der Waals surface area contributed by atoms with Crippen molar-refractivity contribution in [2.75, 3.05) is 69.8 Å². The summed E-state index contributed by atoms with van der Waals surface area (Å²) in [5.41, 5.74) is 1.58. The molecular formula is C23H26Cl2N4O4. The Labute approximate surface area is 203 Å². The molecule has 2 fully saturated rings. The highest BCUT2D eigenvalue weighted by molar-refractivity contribution is 6.43. The summed E-state index contributed by atoms with van der Waals surface area (Å²) in [6, 6.07) is 10.7. The molecule has 33 heavy (non-hydrogen) atoms. The number of ether oxygens (including phenoxy) is 2. The first-order chi connectivity index (χ1) is 15.9.